The molecule has 0 saturated carbocycles. The summed E-state index contributed by atoms with van der Waals surface area (Å²) in [7, 11) is 0. The number of carbonyl (C=O) groups excluding carboxylic acids is 1. The topological polar surface area (TPSA) is 61.0 Å². The zero-order valence-electron chi connectivity index (χ0n) is 13.7. The number of fused-ring (bicyclic) bond motifs is 1. The van der Waals surface area contributed by atoms with Crippen LogP contribution in [0.15, 0.2) is 42.2 Å². The molecule has 2 N–H and O–H groups in total. The molecule has 1 aliphatic carbocycles. The molecule has 0 spiro atoms. The van der Waals surface area contributed by atoms with Crippen LogP contribution in [0.1, 0.15) is 43.1 Å². The Hall–Kier alpha value is -1.65. The van der Waals surface area contributed by atoms with E-state index in [9.17, 15) is 10.2 Å². The fourth-order valence-corrected chi connectivity index (χ4v) is 3.68. The van der Waals surface area contributed by atoms with Crippen LogP contribution < -0.4 is 0 Å². The molecule has 1 aromatic rings. The molecule has 1 fully saturated rings. The van der Waals surface area contributed by atoms with Gasteiger partial charge in [-0.05, 0) is 44.9 Å². The number of hydrogen-bond donors (Lipinski definition) is 2. The molecule has 1 heterocycles. The zero-order chi connectivity index (χ0) is 16.5. The summed E-state index contributed by atoms with van der Waals surface area (Å²) >= 11 is 0. The van der Waals surface area contributed by atoms with Crippen molar-refractivity contribution in [2.75, 3.05) is 6.61 Å². The third kappa shape index (κ3) is 3.06. The minimum Gasteiger partial charge on any atom is -0.511 e. The SMILES string of the molecule is CC1(C)CC(O)C2(C[O+]=Cc3ccccc3)C(O)=CCCC2O1. The van der Waals surface area contributed by atoms with E-state index >= 15 is 0 Å². The molecule has 4 nitrogen and oxygen atoms in total. The maximum atomic E-state index is 10.8. The minimum absolute atomic E-state index is 0.193. The molecule has 0 aromatic heterocycles. The Kier molecular flexibility index (Phi) is 4.30. The van der Waals surface area contributed by atoms with E-state index in [1.54, 1.807) is 12.4 Å². The van der Waals surface area contributed by atoms with Gasteiger partial charge >= 0.3 is 6.29 Å². The van der Waals surface area contributed by atoms with Crippen LogP contribution in [-0.2, 0) is 4.74 Å². The van der Waals surface area contributed by atoms with Crippen molar-refractivity contribution >= 4 is 6.29 Å². The van der Waals surface area contributed by atoms with Gasteiger partial charge in [0.1, 0.15) is 5.76 Å². The van der Waals surface area contributed by atoms with E-state index in [4.69, 9.17) is 9.16 Å². The lowest BCUT2D eigenvalue weighted by Crippen LogP contribution is -2.60. The summed E-state index contributed by atoms with van der Waals surface area (Å²) in [6.45, 7) is 4.16. The van der Waals surface area contributed by atoms with Crippen LogP contribution in [0.3, 0.4) is 0 Å². The molecule has 1 aromatic carbocycles. The van der Waals surface area contributed by atoms with Gasteiger partial charge in [0.05, 0.1) is 23.4 Å². The predicted octanol–water partition coefficient (Wildman–Crippen LogP) is 3.19. The first-order valence-electron chi connectivity index (χ1n) is 8.19. The molecule has 2 aliphatic rings. The minimum atomic E-state index is -0.876. The molecule has 124 valence electrons. The third-order valence-corrected chi connectivity index (χ3v) is 4.90. The van der Waals surface area contributed by atoms with Gasteiger partial charge < -0.3 is 14.9 Å². The van der Waals surface area contributed by atoms with Gasteiger partial charge in [-0.15, -0.1) is 0 Å². The molecular formula is C19H25O4+. The Balaban J connectivity index is 1.87. The van der Waals surface area contributed by atoms with Crippen LogP contribution >= 0.6 is 0 Å². The van der Waals surface area contributed by atoms with Crippen molar-refractivity contribution in [3.8, 4) is 0 Å². The maximum absolute atomic E-state index is 10.8. The monoisotopic (exact) mass is 317 g/mol. The molecule has 3 atom stereocenters. The summed E-state index contributed by atoms with van der Waals surface area (Å²) in [5.41, 5.74) is -0.320. The van der Waals surface area contributed by atoms with Gasteiger partial charge in [-0.25, -0.2) is 0 Å². The van der Waals surface area contributed by atoms with E-state index in [-0.39, 0.29) is 18.5 Å². The number of ether oxygens (including phenoxy) is 1. The first kappa shape index (κ1) is 16.2. The van der Waals surface area contributed by atoms with Crippen molar-refractivity contribution in [2.45, 2.75) is 50.9 Å². The largest absolute Gasteiger partial charge is 0.511 e. The highest BCUT2D eigenvalue weighted by molar-refractivity contribution is 5.74. The number of aliphatic hydroxyl groups is 2. The Morgan fingerprint density at radius 2 is 2.04 bits per heavy atom. The number of benzene rings is 1. The van der Waals surface area contributed by atoms with Crippen molar-refractivity contribution in [3.63, 3.8) is 0 Å². The molecule has 0 radical (unpaired) electrons. The number of aliphatic hydroxyl groups excluding tert-OH is 2. The van der Waals surface area contributed by atoms with Gasteiger partial charge in [-0.2, -0.15) is 0 Å². The van der Waals surface area contributed by atoms with Gasteiger partial charge in [0.2, 0.25) is 0 Å². The summed E-state index contributed by atoms with van der Waals surface area (Å²) in [5, 5.41) is 21.3. The second kappa shape index (κ2) is 6.10. The van der Waals surface area contributed by atoms with Gasteiger partial charge in [-0.1, -0.05) is 18.2 Å². The first-order chi connectivity index (χ1) is 10.9. The van der Waals surface area contributed by atoms with E-state index in [0.29, 0.717) is 6.42 Å². The average molecular weight is 317 g/mol. The standard InChI is InChI=1S/C19H24O4/c1-18(2)11-16(21)19(15(20)9-6-10-17(19)23-18)13-22-12-14-7-4-3-5-8-14/h3-5,7-9,12,16-17,21H,6,10-11,13H2,1-2H3/p+1. The van der Waals surface area contributed by atoms with Crippen LogP contribution in [0.5, 0.6) is 0 Å². The molecule has 1 aliphatic heterocycles. The van der Waals surface area contributed by atoms with E-state index in [2.05, 4.69) is 0 Å². The second-order valence-corrected chi connectivity index (χ2v) is 7.13. The Bertz CT molecular complexity index is 605. The fourth-order valence-electron chi connectivity index (χ4n) is 3.68. The van der Waals surface area contributed by atoms with Crippen LogP contribution in [0.25, 0.3) is 0 Å². The zero-order valence-corrected chi connectivity index (χ0v) is 13.7. The maximum Gasteiger partial charge on any atom is 0.315 e. The molecule has 1 saturated heterocycles. The summed E-state index contributed by atoms with van der Waals surface area (Å²) in [6, 6.07) is 9.72. The lowest BCUT2D eigenvalue weighted by Gasteiger charge is -2.50. The third-order valence-electron chi connectivity index (χ3n) is 4.90. The number of rotatable bonds is 3. The van der Waals surface area contributed by atoms with Gasteiger partial charge in [0.15, 0.2) is 5.41 Å². The van der Waals surface area contributed by atoms with E-state index in [1.807, 2.05) is 44.2 Å². The molecule has 4 heteroatoms. The van der Waals surface area contributed by atoms with Crippen molar-refractivity contribution in [2.24, 2.45) is 5.41 Å². The lowest BCUT2D eigenvalue weighted by molar-refractivity contribution is -0.340. The molecule has 3 rings (SSSR count). The fraction of sp³-hybridized carbons (Fsp3) is 0.526. The molecular weight excluding hydrogens is 292 g/mol. The smallest absolute Gasteiger partial charge is 0.315 e. The Morgan fingerprint density at radius 3 is 2.78 bits per heavy atom. The van der Waals surface area contributed by atoms with Crippen LogP contribution in [0.2, 0.25) is 0 Å². The van der Waals surface area contributed by atoms with Crippen molar-refractivity contribution < 1.29 is 19.4 Å². The second-order valence-electron chi connectivity index (χ2n) is 7.13. The average Bonchev–Trinajstić information content (AvgIpc) is 2.49. The van der Waals surface area contributed by atoms with E-state index < -0.39 is 17.1 Å². The predicted molar refractivity (Wildman–Crippen MR) is 88.7 cm³/mol. The number of hydrogen-bond acceptors (Lipinski definition) is 3. The van der Waals surface area contributed by atoms with Crippen LogP contribution in [-0.4, -0.2) is 40.9 Å². The highest BCUT2D eigenvalue weighted by Gasteiger charge is 2.60. The molecule has 0 bridgehead atoms. The summed E-state index contributed by atoms with van der Waals surface area (Å²) < 4.78 is 11.9. The van der Waals surface area contributed by atoms with Crippen molar-refractivity contribution in [3.05, 3.63) is 47.7 Å². The molecule has 23 heavy (non-hydrogen) atoms. The Morgan fingerprint density at radius 1 is 1.30 bits per heavy atom. The van der Waals surface area contributed by atoms with Crippen molar-refractivity contribution in [1.29, 1.82) is 0 Å². The highest BCUT2D eigenvalue weighted by Crippen LogP contribution is 2.49. The van der Waals surface area contributed by atoms with Crippen LogP contribution in [0, 0.1) is 5.41 Å². The van der Waals surface area contributed by atoms with E-state index in [1.165, 1.54) is 0 Å². The molecule has 3 unspecified atom stereocenters. The summed E-state index contributed by atoms with van der Waals surface area (Å²) in [6.07, 6.45) is 4.51. The van der Waals surface area contributed by atoms with Gasteiger partial charge in [-0.3, -0.25) is 4.42 Å². The summed E-state index contributed by atoms with van der Waals surface area (Å²) in [4.78, 5) is 0. The lowest BCUT2D eigenvalue weighted by atomic mass is 9.66. The van der Waals surface area contributed by atoms with Crippen LogP contribution in [0.4, 0.5) is 0 Å². The number of allylic oxidation sites excluding steroid dienone is 1. The highest BCUT2D eigenvalue weighted by atomic mass is 16.5. The quantitative estimate of drug-likeness (QED) is 0.665. The first-order valence-corrected chi connectivity index (χ1v) is 8.19. The van der Waals surface area contributed by atoms with Crippen molar-refractivity contribution in [1.82, 2.24) is 0 Å². The Labute approximate surface area is 137 Å². The molecule has 0 amide bonds. The van der Waals surface area contributed by atoms with Gasteiger partial charge in [0.25, 0.3) is 6.61 Å². The number of aldehydes is 1. The van der Waals surface area contributed by atoms with Gasteiger partial charge in [0, 0.05) is 6.42 Å². The summed E-state index contributed by atoms with van der Waals surface area (Å²) in [5.74, 6) is 0.193. The van der Waals surface area contributed by atoms with E-state index in [0.717, 1.165) is 18.4 Å². The normalized spacial score (nSPS) is 33.3.